The highest BCUT2D eigenvalue weighted by molar-refractivity contribution is 9.09. The Hall–Kier alpha value is -1.72. The van der Waals surface area contributed by atoms with Crippen molar-refractivity contribution in [3.63, 3.8) is 0 Å². The summed E-state index contributed by atoms with van der Waals surface area (Å²) in [6.45, 7) is 0.711. The van der Waals surface area contributed by atoms with Gasteiger partial charge in [0.15, 0.2) is 0 Å². The predicted octanol–water partition coefficient (Wildman–Crippen LogP) is 4.12. The average molecular weight is 335 g/mol. The van der Waals surface area contributed by atoms with Gasteiger partial charge in [-0.3, -0.25) is 15.0 Å². The zero-order valence-electron chi connectivity index (χ0n) is 11.1. The minimum atomic E-state index is -0.384. The molecule has 2 aromatic rings. The molecule has 0 bridgehead atoms. The number of nitro benzene ring substituents is 1. The molecule has 0 fully saturated rings. The molecule has 1 unspecified atom stereocenters. The van der Waals surface area contributed by atoms with Gasteiger partial charge in [-0.15, -0.1) is 0 Å². The fraction of sp³-hybridized carbons (Fsp3) is 0.200. The maximum atomic E-state index is 10.6. The van der Waals surface area contributed by atoms with E-state index >= 15 is 0 Å². The summed E-state index contributed by atoms with van der Waals surface area (Å²) in [5.74, 6) is 0. The van der Waals surface area contributed by atoms with Crippen molar-refractivity contribution in [1.82, 2.24) is 4.90 Å². The SMILES string of the molecule is CN(Cc1ccc([N+](=O)[O-])cc1)C(Br)c1ccccc1. The molecule has 4 nitrogen and oxygen atoms in total. The van der Waals surface area contributed by atoms with Crippen molar-refractivity contribution >= 4 is 21.6 Å². The van der Waals surface area contributed by atoms with Gasteiger partial charge in [0.2, 0.25) is 0 Å². The third-order valence-electron chi connectivity index (χ3n) is 3.04. The highest BCUT2D eigenvalue weighted by Crippen LogP contribution is 2.27. The lowest BCUT2D eigenvalue weighted by molar-refractivity contribution is -0.384. The normalized spacial score (nSPS) is 12.3. The lowest BCUT2D eigenvalue weighted by atomic mass is 10.1. The Balaban J connectivity index is 2.04. The molecular weight excluding hydrogens is 320 g/mol. The Morgan fingerprint density at radius 1 is 1.15 bits per heavy atom. The molecule has 0 N–H and O–H groups in total. The van der Waals surface area contributed by atoms with Gasteiger partial charge in [-0.1, -0.05) is 58.4 Å². The van der Waals surface area contributed by atoms with E-state index in [4.69, 9.17) is 0 Å². The first-order chi connectivity index (χ1) is 9.58. The number of nitro groups is 1. The van der Waals surface area contributed by atoms with Crippen LogP contribution in [0.4, 0.5) is 5.69 Å². The molecule has 0 aliphatic rings. The molecule has 1 atom stereocenters. The summed E-state index contributed by atoms with van der Waals surface area (Å²) in [5, 5.41) is 10.6. The van der Waals surface area contributed by atoms with Crippen LogP contribution in [0.25, 0.3) is 0 Å². The lowest BCUT2D eigenvalue weighted by Gasteiger charge is -2.23. The Morgan fingerprint density at radius 2 is 1.75 bits per heavy atom. The molecule has 2 aromatic carbocycles. The van der Waals surface area contributed by atoms with Gasteiger partial charge in [0.25, 0.3) is 5.69 Å². The van der Waals surface area contributed by atoms with Gasteiger partial charge in [-0.25, -0.2) is 0 Å². The molecule has 0 saturated heterocycles. The minimum absolute atomic E-state index is 0.110. The van der Waals surface area contributed by atoms with E-state index in [2.05, 4.69) is 33.0 Å². The maximum Gasteiger partial charge on any atom is 0.269 e. The number of benzene rings is 2. The second-order valence-corrected chi connectivity index (χ2v) is 5.45. The molecule has 0 amide bonds. The van der Waals surface area contributed by atoms with E-state index in [9.17, 15) is 10.1 Å². The van der Waals surface area contributed by atoms with Crippen molar-refractivity contribution in [2.24, 2.45) is 0 Å². The van der Waals surface area contributed by atoms with Crippen LogP contribution in [0.2, 0.25) is 0 Å². The molecule has 104 valence electrons. The standard InChI is InChI=1S/C15H15BrN2O2/c1-17(15(16)13-5-3-2-4-6-13)11-12-7-9-14(10-8-12)18(19)20/h2-10,15H,11H2,1H3. The molecule has 20 heavy (non-hydrogen) atoms. The van der Waals surface area contributed by atoms with Gasteiger partial charge < -0.3 is 0 Å². The largest absolute Gasteiger partial charge is 0.286 e. The number of hydrogen-bond acceptors (Lipinski definition) is 3. The van der Waals surface area contributed by atoms with Gasteiger partial charge in [0.1, 0.15) is 0 Å². The summed E-state index contributed by atoms with van der Waals surface area (Å²) in [7, 11) is 2.01. The first kappa shape index (κ1) is 14.7. The highest BCUT2D eigenvalue weighted by atomic mass is 79.9. The van der Waals surface area contributed by atoms with Crippen molar-refractivity contribution in [1.29, 1.82) is 0 Å². The van der Waals surface area contributed by atoms with Gasteiger partial charge in [-0.2, -0.15) is 0 Å². The Kier molecular flexibility index (Phi) is 4.87. The minimum Gasteiger partial charge on any atom is -0.286 e. The number of hydrogen-bond donors (Lipinski definition) is 0. The Morgan fingerprint density at radius 3 is 2.30 bits per heavy atom. The quantitative estimate of drug-likeness (QED) is 0.357. The monoisotopic (exact) mass is 334 g/mol. The summed E-state index contributed by atoms with van der Waals surface area (Å²) < 4.78 is 0. The molecule has 2 rings (SSSR count). The highest BCUT2D eigenvalue weighted by Gasteiger charge is 2.13. The van der Waals surface area contributed by atoms with E-state index in [1.807, 2.05) is 25.2 Å². The fourth-order valence-corrected chi connectivity index (χ4v) is 2.41. The number of nitrogens with zero attached hydrogens (tertiary/aromatic N) is 2. The van der Waals surface area contributed by atoms with Crippen LogP contribution in [0.3, 0.4) is 0 Å². The molecule has 0 spiro atoms. The molecule has 0 aliphatic carbocycles. The zero-order valence-corrected chi connectivity index (χ0v) is 12.7. The van der Waals surface area contributed by atoms with Crippen LogP contribution in [-0.4, -0.2) is 16.9 Å². The summed E-state index contributed by atoms with van der Waals surface area (Å²) in [6, 6.07) is 16.8. The molecule has 0 heterocycles. The van der Waals surface area contributed by atoms with Crippen LogP contribution in [0.15, 0.2) is 54.6 Å². The first-order valence-electron chi connectivity index (χ1n) is 6.20. The third kappa shape index (κ3) is 3.65. The topological polar surface area (TPSA) is 46.4 Å². The summed E-state index contributed by atoms with van der Waals surface area (Å²) in [6.07, 6.45) is 0. The molecule has 5 heteroatoms. The van der Waals surface area contributed by atoms with Gasteiger partial charge in [-0.05, 0) is 18.2 Å². The van der Waals surface area contributed by atoms with E-state index in [1.165, 1.54) is 17.7 Å². The van der Waals surface area contributed by atoms with Crippen molar-refractivity contribution in [2.45, 2.75) is 11.5 Å². The van der Waals surface area contributed by atoms with Gasteiger partial charge >= 0.3 is 0 Å². The van der Waals surface area contributed by atoms with Crippen LogP contribution in [0, 0.1) is 10.1 Å². The summed E-state index contributed by atoms with van der Waals surface area (Å²) in [4.78, 5) is 12.5. The van der Waals surface area contributed by atoms with Crippen LogP contribution in [-0.2, 0) is 6.54 Å². The summed E-state index contributed by atoms with van der Waals surface area (Å²) in [5.41, 5.74) is 2.34. The van der Waals surface area contributed by atoms with Crippen LogP contribution >= 0.6 is 15.9 Å². The predicted molar refractivity (Wildman–Crippen MR) is 82.7 cm³/mol. The van der Waals surface area contributed by atoms with Crippen LogP contribution in [0.1, 0.15) is 16.1 Å². The van der Waals surface area contributed by atoms with Crippen molar-refractivity contribution in [2.75, 3.05) is 7.05 Å². The number of rotatable bonds is 5. The summed E-state index contributed by atoms with van der Waals surface area (Å²) >= 11 is 3.66. The van der Waals surface area contributed by atoms with Gasteiger partial charge in [0.05, 0.1) is 9.87 Å². The second kappa shape index (κ2) is 6.63. The van der Waals surface area contributed by atoms with E-state index in [1.54, 1.807) is 12.1 Å². The smallest absolute Gasteiger partial charge is 0.269 e. The van der Waals surface area contributed by atoms with Crippen molar-refractivity contribution in [3.05, 3.63) is 75.8 Å². The first-order valence-corrected chi connectivity index (χ1v) is 7.12. The number of non-ortho nitro benzene ring substituents is 1. The van der Waals surface area contributed by atoms with Crippen molar-refractivity contribution < 1.29 is 4.92 Å². The van der Waals surface area contributed by atoms with E-state index < -0.39 is 0 Å². The lowest BCUT2D eigenvalue weighted by Crippen LogP contribution is -2.19. The number of alkyl halides is 1. The average Bonchev–Trinajstić information content (AvgIpc) is 2.48. The maximum absolute atomic E-state index is 10.6. The molecule has 0 radical (unpaired) electrons. The number of halogens is 1. The fourth-order valence-electron chi connectivity index (χ4n) is 1.96. The molecular formula is C15H15BrN2O2. The van der Waals surface area contributed by atoms with Crippen molar-refractivity contribution in [3.8, 4) is 0 Å². The molecule has 0 aliphatic heterocycles. The second-order valence-electron chi connectivity index (χ2n) is 4.59. The molecule has 0 saturated carbocycles. The zero-order chi connectivity index (χ0) is 14.5. The Bertz CT molecular complexity index is 572. The Labute approximate surface area is 126 Å². The van der Waals surface area contributed by atoms with E-state index in [0.717, 1.165) is 5.56 Å². The van der Waals surface area contributed by atoms with E-state index in [-0.39, 0.29) is 15.6 Å². The van der Waals surface area contributed by atoms with Crippen LogP contribution < -0.4 is 0 Å². The van der Waals surface area contributed by atoms with Crippen LogP contribution in [0.5, 0.6) is 0 Å². The van der Waals surface area contributed by atoms with E-state index in [0.29, 0.717) is 6.54 Å². The van der Waals surface area contributed by atoms with Gasteiger partial charge in [0, 0.05) is 18.7 Å². The third-order valence-corrected chi connectivity index (χ3v) is 4.27. The molecule has 0 aromatic heterocycles.